The van der Waals surface area contributed by atoms with Gasteiger partial charge < -0.3 is 15.2 Å². The third-order valence-electron chi connectivity index (χ3n) is 4.32. The van der Waals surface area contributed by atoms with Crippen LogP contribution in [-0.2, 0) is 11.3 Å². The number of hydrogen-bond donors (Lipinski definition) is 2. The lowest BCUT2D eigenvalue weighted by molar-refractivity contribution is -0.0278. The Kier molecular flexibility index (Phi) is 6.61. The van der Waals surface area contributed by atoms with Gasteiger partial charge in [-0.1, -0.05) is 6.92 Å². The number of aryl methyl sites for hydroxylation is 1. The van der Waals surface area contributed by atoms with Crippen LogP contribution in [0.15, 0.2) is 18.5 Å². The maximum Gasteiger partial charge on any atom is 0.0897 e. The summed E-state index contributed by atoms with van der Waals surface area (Å²) in [6.45, 7) is 6.10. The van der Waals surface area contributed by atoms with Crippen LogP contribution >= 0.6 is 0 Å². The van der Waals surface area contributed by atoms with E-state index in [1.165, 1.54) is 24.0 Å². The Balaban J connectivity index is 1.59. The molecule has 1 aromatic rings. The van der Waals surface area contributed by atoms with Crippen molar-refractivity contribution in [1.82, 2.24) is 10.3 Å². The fourth-order valence-corrected chi connectivity index (χ4v) is 2.78. The second-order valence-corrected chi connectivity index (χ2v) is 6.30. The minimum absolute atomic E-state index is 0.346. The second kappa shape index (κ2) is 8.47. The second-order valence-electron chi connectivity index (χ2n) is 6.30. The molecule has 0 saturated heterocycles. The van der Waals surface area contributed by atoms with Gasteiger partial charge in [-0.25, -0.2) is 0 Å². The summed E-state index contributed by atoms with van der Waals surface area (Å²) in [6.07, 6.45) is 8.34. The monoisotopic (exact) mass is 292 g/mol. The summed E-state index contributed by atoms with van der Waals surface area (Å²) < 4.78 is 5.82. The first-order valence-corrected chi connectivity index (χ1v) is 8.05. The van der Waals surface area contributed by atoms with E-state index in [1.54, 1.807) is 6.20 Å². The predicted molar refractivity (Wildman–Crippen MR) is 84.1 cm³/mol. The Morgan fingerprint density at radius 3 is 2.86 bits per heavy atom. The van der Waals surface area contributed by atoms with Gasteiger partial charge in [-0.3, -0.25) is 4.98 Å². The van der Waals surface area contributed by atoms with E-state index in [0.29, 0.717) is 19.3 Å². The van der Waals surface area contributed by atoms with Crippen LogP contribution in [0.4, 0.5) is 0 Å². The summed E-state index contributed by atoms with van der Waals surface area (Å²) in [5.74, 6) is 0.833. The van der Waals surface area contributed by atoms with E-state index in [1.807, 2.05) is 19.2 Å². The minimum Gasteiger partial charge on any atom is -0.389 e. The van der Waals surface area contributed by atoms with Crippen molar-refractivity contribution in [2.75, 3.05) is 13.2 Å². The average molecular weight is 292 g/mol. The number of nitrogens with one attached hydrogen (secondary N) is 1. The molecule has 0 aliphatic heterocycles. The largest absolute Gasteiger partial charge is 0.389 e. The van der Waals surface area contributed by atoms with Crippen LogP contribution in [0.25, 0.3) is 0 Å². The number of aromatic nitrogens is 1. The normalized spacial score (nSPS) is 24.0. The Bertz CT molecular complexity index is 417. The van der Waals surface area contributed by atoms with Gasteiger partial charge in [0.05, 0.1) is 18.8 Å². The molecule has 0 spiro atoms. The standard InChI is InChI=1S/C17H28N2O2/c1-13-3-5-17(6-4-13)21-12-16(20)11-19-10-15-7-8-18-9-14(15)2/h7-9,13,16-17,19-20H,3-6,10-12H2,1-2H3. The summed E-state index contributed by atoms with van der Waals surface area (Å²) >= 11 is 0. The molecule has 1 aromatic heterocycles. The lowest BCUT2D eigenvalue weighted by Crippen LogP contribution is -2.32. The average Bonchev–Trinajstić information content (AvgIpc) is 2.49. The minimum atomic E-state index is -0.438. The van der Waals surface area contributed by atoms with Crippen molar-refractivity contribution in [3.8, 4) is 0 Å². The molecule has 4 heteroatoms. The zero-order valence-corrected chi connectivity index (χ0v) is 13.2. The first kappa shape index (κ1) is 16.4. The maximum absolute atomic E-state index is 9.98. The third kappa shape index (κ3) is 5.73. The molecular weight excluding hydrogens is 264 g/mol. The number of hydrogen-bond acceptors (Lipinski definition) is 4. The Morgan fingerprint density at radius 1 is 1.38 bits per heavy atom. The van der Waals surface area contributed by atoms with Gasteiger partial charge in [0.25, 0.3) is 0 Å². The molecule has 118 valence electrons. The predicted octanol–water partition coefficient (Wildman–Crippen LogP) is 2.44. The molecule has 2 rings (SSSR count). The molecule has 1 unspecified atom stereocenters. The Morgan fingerprint density at radius 2 is 2.14 bits per heavy atom. The quantitative estimate of drug-likeness (QED) is 0.810. The summed E-state index contributed by atoms with van der Waals surface area (Å²) in [5.41, 5.74) is 2.39. The van der Waals surface area contributed by atoms with Gasteiger partial charge in [-0.2, -0.15) is 0 Å². The first-order valence-electron chi connectivity index (χ1n) is 8.05. The number of aliphatic hydroxyl groups is 1. The van der Waals surface area contributed by atoms with E-state index >= 15 is 0 Å². The van der Waals surface area contributed by atoms with Crippen LogP contribution < -0.4 is 5.32 Å². The van der Waals surface area contributed by atoms with Crippen LogP contribution in [0.2, 0.25) is 0 Å². The van der Waals surface area contributed by atoms with Gasteiger partial charge in [-0.05, 0) is 55.7 Å². The van der Waals surface area contributed by atoms with Crippen LogP contribution in [0.1, 0.15) is 43.7 Å². The van der Waals surface area contributed by atoms with E-state index in [-0.39, 0.29) is 0 Å². The molecule has 0 bridgehead atoms. The number of rotatable bonds is 7. The van der Waals surface area contributed by atoms with Crippen molar-refractivity contribution < 1.29 is 9.84 Å². The molecule has 0 radical (unpaired) electrons. The molecule has 1 atom stereocenters. The Labute approximate surface area is 127 Å². The molecule has 21 heavy (non-hydrogen) atoms. The highest BCUT2D eigenvalue weighted by Crippen LogP contribution is 2.25. The number of pyridine rings is 1. The van der Waals surface area contributed by atoms with Gasteiger partial charge in [0, 0.05) is 25.5 Å². The molecule has 1 aliphatic carbocycles. The van der Waals surface area contributed by atoms with Crippen LogP contribution in [0.3, 0.4) is 0 Å². The van der Waals surface area contributed by atoms with E-state index in [0.717, 1.165) is 25.3 Å². The highest BCUT2D eigenvalue weighted by atomic mass is 16.5. The first-order chi connectivity index (χ1) is 10.1. The van der Waals surface area contributed by atoms with Gasteiger partial charge in [0.15, 0.2) is 0 Å². The smallest absolute Gasteiger partial charge is 0.0897 e. The zero-order chi connectivity index (χ0) is 15.1. The van der Waals surface area contributed by atoms with Crippen LogP contribution in [-0.4, -0.2) is 35.5 Å². The molecule has 1 heterocycles. The van der Waals surface area contributed by atoms with Crippen molar-refractivity contribution in [2.24, 2.45) is 5.92 Å². The molecule has 4 nitrogen and oxygen atoms in total. The number of nitrogens with zero attached hydrogens (tertiary/aromatic N) is 1. The van der Waals surface area contributed by atoms with Crippen molar-refractivity contribution >= 4 is 0 Å². The molecule has 1 aliphatic rings. The SMILES string of the molecule is Cc1cnccc1CNCC(O)COC1CCC(C)CC1. The number of ether oxygens (including phenoxy) is 1. The van der Waals surface area contributed by atoms with Crippen LogP contribution in [0, 0.1) is 12.8 Å². The molecule has 0 amide bonds. The van der Waals surface area contributed by atoms with Crippen molar-refractivity contribution in [3.63, 3.8) is 0 Å². The van der Waals surface area contributed by atoms with E-state index < -0.39 is 6.10 Å². The van der Waals surface area contributed by atoms with Gasteiger partial charge in [0.1, 0.15) is 0 Å². The van der Waals surface area contributed by atoms with Gasteiger partial charge in [-0.15, -0.1) is 0 Å². The fourth-order valence-electron chi connectivity index (χ4n) is 2.78. The maximum atomic E-state index is 9.98. The lowest BCUT2D eigenvalue weighted by atomic mass is 9.89. The summed E-state index contributed by atoms with van der Waals surface area (Å²) in [6, 6.07) is 2.01. The van der Waals surface area contributed by atoms with Gasteiger partial charge >= 0.3 is 0 Å². The Hall–Kier alpha value is -0.970. The highest BCUT2D eigenvalue weighted by molar-refractivity contribution is 5.21. The van der Waals surface area contributed by atoms with E-state index in [4.69, 9.17) is 4.74 Å². The molecule has 0 aromatic carbocycles. The lowest BCUT2D eigenvalue weighted by Gasteiger charge is -2.27. The van der Waals surface area contributed by atoms with Crippen molar-refractivity contribution in [2.45, 2.75) is 58.3 Å². The van der Waals surface area contributed by atoms with Crippen molar-refractivity contribution in [1.29, 1.82) is 0 Å². The third-order valence-corrected chi connectivity index (χ3v) is 4.32. The molecule has 2 N–H and O–H groups in total. The fraction of sp³-hybridized carbons (Fsp3) is 0.706. The topological polar surface area (TPSA) is 54.4 Å². The zero-order valence-electron chi connectivity index (χ0n) is 13.2. The van der Waals surface area contributed by atoms with E-state index in [2.05, 4.69) is 17.2 Å². The van der Waals surface area contributed by atoms with Gasteiger partial charge in [0.2, 0.25) is 0 Å². The van der Waals surface area contributed by atoms with Crippen LogP contribution in [0.5, 0.6) is 0 Å². The van der Waals surface area contributed by atoms with Crippen molar-refractivity contribution in [3.05, 3.63) is 29.6 Å². The highest BCUT2D eigenvalue weighted by Gasteiger charge is 2.19. The number of aliphatic hydroxyl groups excluding tert-OH is 1. The summed E-state index contributed by atoms with van der Waals surface area (Å²) in [5, 5.41) is 13.3. The van der Waals surface area contributed by atoms with E-state index in [9.17, 15) is 5.11 Å². The summed E-state index contributed by atoms with van der Waals surface area (Å²) in [7, 11) is 0. The molecule has 1 saturated carbocycles. The molecular formula is C17H28N2O2. The summed E-state index contributed by atoms with van der Waals surface area (Å²) in [4.78, 5) is 4.08. The molecule has 1 fully saturated rings.